The van der Waals surface area contributed by atoms with Crippen molar-refractivity contribution in [1.29, 1.82) is 5.26 Å². The van der Waals surface area contributed by atoms with Crippen molar-refractivity contribution in [2.45, 2.75) is 12.8 Å². The first kappa shape index (κ1) is 23.7. The predicted octanol–water partition coefficient (Wildman–Crippen LogP) is 6.12. The van der Waals surface area contributed by atoms with Crippen LogP contribution in [0.5, 0.6) is 5.75 Å². The number of halogens is 4. The fourth-order valence-electron chi connectivity index (χ4n) is 3.61. The molecular weight excluding hydrogens is 494 g/mol. The predicted molar refractivity (Wildman–Crippen MR) is 122 cm³/mol. The molecule has 0 amide bonds. The Morgan fingerprint density at radius 3 is 2.65 bits per heavy atom. The Morgan fingerprint density at radius 2 is 1.86 bits per heavy atom. The Hall–Kier alpha value is -4.98. The number of alkyl halides is 3. The second kappa shape index (κ2) is 9.23. The van der Waals surface area contributed by atoms with Crippen LogP contribution in [0.2, 0.25) is 0 Å². The Kier molecular flexibility index (Phi) is 5.93. The van der Waals surface area contributed by atoms with Crippen LogP contribution < -0.4 is 10.2 Å². The van der Waals surface area contributed by atoms with E-state index >= 15 is 0 Å². The molecule has 5 aromatic rings. The summed E-state index contributed by atoms with van der Waals surface area (Å²) in [6.07, 6.45) is -3.44. The molecule has 11 heteroatoms. The van der Waals surface area contributed by atoms with Gasteiger partial charge in [-0.3, -0.25) is 4.79 Å². The van der Waals surface area contributed by atoms with E-state index in [4.69, 9.17) is 18.9 Å². The molecule has 0 aliphatic rings. The molecule has 0 N–H and O–H groups in total. The van der Waals surface area contributed by atoms with Gasteiger partial charge < -0.3 is 13.7 Å². The first-order valence-electron chi connectivity index (χ1n) is 10.6. The van der Waals surface area contributed by atoms with Crippen molar-refractivity contribution in [2.24, 2.45) is 0 Å². The molecule has 37 heavy (non-hydrogen) atoms. The van der Waals surface area contributed by atoms with Crippen LogP contribution in [0, 0.1) is 17.1 Å². The van der Waals surface area contributed by atoms with E-state index in [2.05, 4.69) is 10.1 Å². The smallest absolute Gasteiger partial charge is 0.416 e. The third kappa shape index (κ3) is 4.90. The highest BCUT2D eigenvalue weighted by Crippen LogP contribution is 2.33. The normalized spacial score (nSPS) is 11.4. The molecule has 0 fully saturated rings. The van der Waals surface area contributed by atoms with E-state index in [9.17, 15) is 22.4 Å². The molecule has 0 radical (unpaired) electrons. The zero-order valence-corrected chi connectivity index (χ0v) is 18.5. The van der Waals surface area contributed by atoms with Crippen molar-refractivity contribution in [3.63, 3.8) is 0 Å². The zero-order valence-electron chi connectivity index (χ0n) is 18.5. The van der Waals surface area contributed by atoms with E-state index in [1.54, 1.807) is 24.3 Å². The standard InChI is InChI=1S/C26H13F4N3O4/c27-18-8-16(7-17(9-18)26(28,29)30)25-32-23(33-37-25)13-35-19-4-5-20-22(10-19)36-12-21(24(20)34)15-3-1-2-14(6-15)11-31/h1-10,12H,13H2. The van der Waals surface area contributed by atoms with Gasteiger partial charge in [0.05, 0.1) is 28.1 Å². The lowest BCUT2D eigenvalue weighted by molar-refractivity contribution is -0.137. The molecule has 0 aliphatic carbocycles. The van der Waals surface area contributed by atoms with Crippen LogP contribution in [0.3, 0.4) is 0 Å². The molecule has 0 spiro atoms. The number of benzene rings is 3. The van der Waals surface area contributed by atoms with Crippen LogP contribution in [0.15, 0.2) is 80.7 Å². The van der Waals surface area contributed by atoms with Crippen LogP contribution >= 0.6 is 0 Å². The molecule has 184 valence electrons. The average Bonchev–Trinajstić information content (AvgIpc) is 3.36. The second-order valence-corrected chi connectivity index (χ2v) is 7.86. The highest BCUT2D eigenvalue weighted by molar-refractivity contribution is 5.82. The third-order valence-electron chi connectivity index (χ3n) is 5.36. The van der Waals surface area contributed by atoms with Crippen molar-refractivity contribution in [3.8, 4) is 34.4 Å². The Bertz CT molecular complexity index is 1730. The maximum atomic E-state index is 13.7. The largest absolute Gasteiger partial charge is 0.485 e. The van der Waals surface area contributed by atoms with Gasteiger partial charge in [0.2, 0.25) is 5.82 Å². The van der Waals surface area contributed by atoms with Crippen LogP contribution in [0.4, 0.5) is 17.6 Å². The van der Waals surface area contributed by atoms with Crippen LogP contribution in [0.25, 0.3) is 33.6 Å². The molecule has 0 atom stereocenters. The molecule has 0 aliphatic heterocycles. The van der Waals surface area contributed by atoms with Crippen LogP contribution in [0.1, 0.15) is 17.0 Å². The first-order chi connectivity index (χ1) is 17.7. The molecule has 2 heterocycles. The van der Waals surface area contributed by atoms with Crippen molar-refractivity contribution in [3.05, 3.63) is 99.9 Å². The quantitative estimate of drug-likeness (QED) is 0.264. The highest BCUT2D eigenvalue weighted by Gasteiger charge is 2.32. The highest BCUT2D eigenvalue weighted by atomic mass is 19.4. The van der Waals surface area contributed by atoms with Gasteiger partial charge in [-0.15, -0.1) is 0 Å². The molecule has 2 aromatic heterocycles. The van der Waals surface area contributed by atoms with Gasteiger partial charge >= 0.3 is 6.18 Å². The minimum Gasteiger partial charge on any atom is -0.485 e. The van der Waals surface area contributed by atoms with E-state index in [1.165, 1.54) is 24.5 Å². The average molecular weight is 507 g/mol. The Labute approximate surface area is 205 Å². The van der Waals surface area contributed by atoms with E-state index in [-0.39, 0.29) is 34.9 Å². The molecule has 7 nitrogen and oxygen atoms in total. The second-order valence-electron chi connectivity index (χ2n) is 7.86. The summed E-state index contributed by atoms with van der Waals surface area (Å²) in [5.74, 6) is -1.10. The maximum absolute atomic E-state index is 13.7. The lowest BCUT2D eigenvalue weighted by Crippen LogP contribution is -2.05. The topological polar surface area (TPSA) is 102 Å². The van der Waals surface area contributed by atoms with Gasteiger partial charge in [0, 0.05) is 11.6 Å². The summed E-state index contributed by atoms with van der Waals surface area (Å²) >= 11 is 0. The first-order valence-corrected chi connectivity index (χ1v) is 10.6. The van der Waals surface area contributed by atoms with E-state index < -0.39 is 17.6 Å². The summed E-state index contributed by atoms with van der Waals surface area (Å²) in [5.41, 5.74) is -0.211. The van der Waals surface area contributed by atoms with Gasteiger partial charge in [-0.1, -0.05) is 17.3 Å². The summed E-state index contributed by atoms with van der Waals surface area (Å²) in [4.78, 5) is 16.9. The Morgan fingerprint density at radius 1 is 1.03 bits per heavy atom. The number of rotatable bonds is 5. The van der Waals surface area contributed by atoms with E-state index in [0.717, 1.165) is 6.07 Å². The summed E-state index contributed by atoms with van der Waals surface area (Å²) < 4.78 is 68.7. The lowest BCUT2D eigenvalue weighted by atomic mass is 10.0. The van der Waals surface area contributed by atoms with Gasteiger partial charge in [0.1, 0.15) is 23.4 Å². The molecule has 0 unspecified atom stereocenters. The third-order valence-corrected chi connectivity index (χ3v) is 5.36. The minimum atomic E-state index is -4.74. The summed E-state index contributed by atoms with van der Waals surface area (Å²) in [6.45, 7) is -0.223. The monoisotopic (exact) mass is 507 g/mol. The van der Waals surface area contributed by atoms with Crippen molar-refractivity contribution >= 4 is 11.0 Å². The number of nitrogens with zero attached hydrogens (tertiary/aromatic N) is 3. The van der Waals surface area contributed by atoms with Gasteiger partial charge in [0.15, 0.2) is 12.0 Å². The number of aromatic nitrogens is 2. The molecular formula is C26H13F4N3O4. The lowest BCUT2D eigenvalue weighted by Gasteiger charge is -2.07. The summed E-state index contributed by atoms with van der Waals surface area (Å²) in [5, 5.41) is 13.0. The molecule has 5 rings (SSSR count). The number of ether oxygens (including phenoxy) is 1. The molecule has 3 aromatic carbocycles. The number of fused-ring (bicyclic) bond motifs is 1. The maximum Gasteiger partial charge on any atom is 0.416 e. The number of hydrogen-bond donors (Lipinski definition) is 0. The fraction of sp³-hybridized carbons (Fsp3) is 0.0769. The zero-order chi connectivity index (χ0) is 26.2. The van der Waals surface area contributed by atoms with E-state index in [0.29, 0.717) is 40.0 Å². The number of nitriles is 1. The van der Waals surface area contributed by atoms with Gasteiger partial charge in [-0.05, 0) is 48.0 Å². The molecule has 0 bridgehead atoms. The van der Waals surface area contributed by atoms with Gasteiger partial charge in [0.25, 0.3) is 5.89 Å². The fourth-order valence-corrected chi connectivity index (χ4v) is 3.61. The van der Waals surface area contributed by atoms with Crippen molar-refractivity contribution < 1.29 is 31.2 Å². The SMILES string of the molecule is N#Cc1cccc(-c2coc3cc(OCc4noc(-c5cc(F)cc(C(F)(F)F)c5)n4)ccc3c2=O)c1. The number of hydrogen-bond acceptors (Lipinski definition) is 7. The molecule has 0 saturated carbocycles. The Balaban J connectivity index is 1.35. The van der Waals surface area contributed by atoms with Gasteiger partial charge in [-0.25, -0.2) is 4.39 Å². The van der Waals surface area contributed by atoms with Crippen LogP contribution in [-0.2, 0) is 12.8 Å². The minimum absolute atomic E-state index is 0.00194. The summed E-state index contributed by atoms with van der Waals surface area (Å²) in [7, 11) is 0. The van der Waals surface area contributed by atoms with Crippen LogP contribution in [-0.4, -0.2) is 10.1 Å². The van der Waals surface area contributed by atoms with Gasteiger partial charge in [-0.2, -0.15) is 23.4 Å². The van der Waals surface area contributed by atoms with E-state index in [1.807, 2.05) is 6.07 Å². The molecule has 0 saturated heterocycles. The van der Waals surface area contributed by atoms with Crippen molar-refractivity contribution in [2.75, 3.05) is 0 Å². The van der Waals surface area contributed by atoms with Crippen molar-refractivity contribution in [1.82, 2.24) is 10.1 Å². The summed E-state index contributed by atoms with van der Waals surface area (Å²) in [6, 6.07) is 15.0.